The summed E-state index contributed by atoms with van der Waals surface area (Å²) < 4.78 is 2.06. The number of hydrogen-bond donors (Lipinski definition) is 1. The van der Waals surface area contributed by atoms with Crippen molar-refractivity contribution in [1.82, 2.24) is 9.88 Å². The molecule has 1 N–H and O–H groups in total. The van der Waals surface area contributed by atoms with Crippen LogP contribution in [0.1, 0.15) is 11.1 Å². The lowest BCUT2D eigenvalue weighted by molar-refractivity contribution is -0.116. The summed E-state index contributed by atoms with van der Waals surface area (Å²) >= 11 is 0. The highest BCUT2D eigenvalue weighted by molar-refractivity contribution is 6.04. The summed E-state index contributed by atoms with van der Waals surface area (Å²) in [6, 6.07) is 26.7. The van der Waals surface area contributed by atoms with Crippen molar-refractivity contribution >= 4 is 22.3 Å². The molecule has 0 bridgehead atoms. The number of aromatic nitrogens is 1. The van der Waals surface area contributed by atoms with Crippen LogP contribution in [0.5, 0.6) is 0 Å². The molecule has 0 radical (unpaired) electrons. The molecule has 0 aliphatic carbocycles. The Bertz CT molecular complexity index is 1100. The lowest BCUT2D eigenvalue weighted by Crippen LogP contribution is -2.15. The van der Waals surface area contributed by atoms with Gasteiger partial charge in [0.15, 0.2) is 0 Å². The van der Waals surface area contributed by atoms with Crippen LogP contribution in [0, 0.1) is 0 Å². The molecular formula is C24H20N2O. The zero-order valence-electron chi connectivity index (χ0n) is 15.1. The number of rotatable bonds is 4. The Hall–Kier alpha value is -3.59. The van der Waals surface area contributed by atoms with Gasteiger partial charge in [-0.15, -0.1) is 0 Å². The van der Waals surface area contributed by atoms with E-state index in [2.05, 4.69) is 58.4 Å². The lowest BCUT2D eigenvalue weighted by Gasteiger charge is -2.13. The zero-order chi connectivity index (χ0) is 18.6. The third-order valence-corrected chi connectivity index (χ3v) is 4.68. The zero-order valence-corrected chi connectivity index (χ0v) is 15.1. The minimum Gasteiger partial charge on any atom is -0.356 e. The normalized spacial score (nSPS) is 11.5. The molecule has 4 rings (SSSR count). The van der Waals surface area contributed by atoms with Crippen molar-refractivity contribution in [1.29, 1.82) is 0 Å². The first-order valence-corrected chi connectivity index (χ1v) is 8.91. The Labute approximate surface area is 158 Å². The van der Waals surface area contributed by atoms with Crippen LogP contribution >= 0.6 is 0 Å². The highest BCUT2D eigenvalue weighted by Gasteiger charge is 2.11. The molecule has 0 spiro atoms. The van der Waals surface area contributed by atoms with Crippen LogP contribution in [0.15, 0.2) is 97.3 Å². The van der Waals surface area contributed by atoms with Crippen molar-refractivity contribution in [3.8, 4) is 5.69 Å². The van der Waals surface area contributed by atoms with Gasteiger partial charge < -0.3 is 9.88 Å². The molecule has 0 saturated carbocycles. The van der Waals surface area contributed by atoms with Gasteiger partial charge >= 0.3 is 0 Å². The lowest BCUT2D eigenvalue weighted by atomic mass is 9.92. The van der Waals surface area contributed by atoms with Gasteiger partial charge in [-0.25, -0.2) is 0 Å². The monoisotopic (exact) mass is 352 g/mol. The van der Waals surface area contributed by atoms with E-state index in [9.17, 15) is 4.79 Å². The maximum Gasteiger partial charge on any atom is 0.244 e. The van der Waals surface area contributed by atoms with Crippen LogP contribution in [0.2, 0.25) is 0 Å². The molecule has 0 unspecified atom stereocenters. The Morgan fingerprint density at radius 3 is 2.30 bits per heavy atom. The average molecular weight is 352 g/mol. The standard InChI is InChI=1S/C24H20N2O/c1-25-24(27)17-23(22-10-6-8-18-7-2-3-9-21(18)22)19-11-13-20(14-12-19)26-15-4-5-16-26/h2-17H,1H3,(H,25,27). The number of benzene rings is 3. The van der Waals surface area contributed by atoms with Gasteiger partial charge in [-0.3, -0.25) is 4.79 Å². The maximum absolute atomic E-state index is 12.2. The SMILES string of the molecule is CNC(=O)C=C(c1ccc(-n2cccc2)cc1)c1cccc2ccccc12. The molecule has 0 aliphatic heterocycles. The van der Waals surface area contributed by atoms with Crippen molar-refractivity contribution in [3.63, 3.8) is 0 Å². The van der Waals surface area contributed by atoms with Crippen molar-refractivity contribution < 1.29 is 4.79 Å². The van der Waals surface area contributed by atoms with E-state index in [-0.39, 0.29) is 5.91 Å². The number of hydrogen-bond acceptors (Lipinski definition) is 1. The van der Waals surface area contributed by atoms with Crippen LogP contribution < -0.4 is 5.32 Å². The van der Waals surface area contributed by atoms with E-state index in [4.69, 9.17) is 0 Å². The van der Waals surface area contributed by atoms with Crippen LogP contribution in [0.25, 0.3) is 22.0 Å². The first kappa shape index (κ1) is 16.9. The van der Waals surface area contributed by atoms with Gasteiger partial charge in [0, 0.05) is 31.2 Å². The third kappa shape index (κ3) is 3.40. The van der Waals surface area contributed by atoms with Gasteiger partial charge in [0.25, 0.3) is 0 Å². The number of nitrogens with zero attached hydrogens (tertiary/aromatic N) is 1. The summed E-state index contributed by atoms with van der Waals surface area (Å²) in [6.45, 7) is 0. The molecule has 27 heavy (non-hydrogen) atoms. The highest BCUT2D eigenvalue weighted by Crippen LogP contribution is 2.30. The van der Waals surface area contributed by atoms with Crippen LogP contribution in [-0.4, -0.2) is 17.5 Å². The Kier molecular flexibility index (Phi) is 4.58. The third-order valence-electron chi connectivity index (χ3n) is 4.68. The second-order valence-corrected chi connectivity index (χ2v) is 6.34. The topological polar surface area (TPSA) is 34.0 Å². The minimum absolute atomic E-state index is 0.118. The number of amides is 1. The second kappa shape index (κ2) is 7.34. The van der Waals surface area contributed by atoms with Crippen LogP contribution in [-0.2, 0) is 4.79 Å². The van der Waals surface area contributed by atoms with E-state index in [1.54, 1.807) is 13.1 Å². The molecule has 1 amide bonds. The predicted octanol–water partition coefficient (Wildman–Crippen LogP) is 4.81. The summed E-state index contributed by atoms with van der Waals surface area (Å²) in [6.07, 6.45) is 5.70. The predicted molar refractivity (Wildman–Crippen MR) is 111 cm³/mol. The van der Waals surface area contributed by atoms with Gasteiger partial charge in [0.2, 0.25) is 5.91 Å². The number of fused-ring (bicyclic) bond motifs is 1. The van der Waals surface area contributed by atoms with Gasteiger partial charge in [-0.05, 0) is 51.7 Å². The average Bonchev–Trinajstić information content (AvgIpc) is 3.26. The largest absolute Gasteiger partial charge is 0.356 e. The van der Waals surface area contributed by atoms with Gasteiger partial charge in [0.1, 0.15) is 0 Å². The molecule has 3 aromatic carbocycles. The molecular weight excluding hydrogens is 332 g/mol. The fourth-order valence-electron chi connectivity index (χ4n) is 3.30. The van der Waals surface area contributed by atoms with Crippen molar-refractivity contribution in [3.05, 3.63) is 108 Å². The summed E-state index contributed by atoms with van der Waals surface area (Å²) in [5, 5.41) is 4.98. The van der Waals surface area contributed by atoms with Crippen LogP contribution in [0.4, 0.5) is 0 Å². The maximum atomic E-state index is 12.2. The quantitative estimate of drug-likeness (QED) is 0.526. The van der Waals surface area contributed by atoms with Crippen molar-refractivity contribution in [2.45, 2.75) is 0 Å². The molecule has 132 valence electrons. The molecule has 0 fully saturated rings. The fourth-order valence-corrected chi connectivity index (χ4v) is 3.30. The van der Waals surface area contributed by atoms with E-state index in [0.29, 0.717) is 0 Å². The van der Waals surface area contributed by atoms with E-state index in [0.717, 1.165) is 33.2 Å². The molecule has 1 aromatic heterocycles. The number of nitrogens with one attached hydrogen (secondary N) is 1. The Balaban J connectivity index is 1.85. The van der Waals surface area contributed by atoms with Gasteiger partial charge in [-0.2, -0.15) is 0 Å². The first-order chi connectivity index (χ1) is 13.3. The van der Waals surface area contributed by atoms with E-state index >= 15 is 0 Å². The van der Waals surface area contributed by atoms with E-state index in [1.807, 2.05) is 42.7 Å². The highest BCUT2D eigenvalue weighted by atomic mass is 16.1. The summed E-state index contributed by atoms with van der Waals surface area (Å²) in [4.78, 5) is 12.2. The molecule has 1 heterocycles. The molecule has 0 saturated heterocycles. The molecule has 3 nitrogen and oxygen atoms in total. The smallest absolute Gasteiger partial charge is 0.244 e. The Morgan fingerprint density at radius 1 is 0.852 bits per heavy atom. The first-order valence-electron chi connectivity index (χ1n) is 8.91. The fraction of sp³-hybridized carbons (Fsp3) is 0.0417. The van der Waals surface area contributed by atoms with Crippen molar-refractivity contribution in [2.75, 3.05) is 7.05 Å². The van der Waals surface area contributed by atoms with Crippen LogP contribution in [0.3, 0.4) is 0 Å². The second-order valence-electron chi connectivity index (χ2n) is 6.34. The van der Waals surface area contributed by atoms with E-state index < -0.39 is 0 Å². The number of carbonyl (C=O) groups excluding carboxylic acids is 1. The van der Waals surface area contributed by atoms with E-state index in [1.165, 1.54) is 0 Å². The summed E-state index contributed by atoms with van der Waals surface area (Å²) in [5.41, 5.74) is 4.04. The summed E-state index contributed by atoms with van der Waals surface area (Å²) in [7, 11) is 1.65. The Morgan fingerprint density at radius 2 is 1.56 bits per heavy atom. The summed E-state index contributed by atoms with van der Waals surface area (Å²) in [5.74, 6) is -0.118. The molecule has 0 aliphatic rings. The number of likely N-dealkylation sites (N-methyl/N-ethyl adjacent to an activating group) is 1. The molecule has 4 aromatic rings. The minimum atomic E-state index is -0.118. The molecule has 0 atom stereocenters. The van der Waals surface area contributed by atoms with Gasteiger partial charge in [-0.1, -0.05) is 54.6 Å². The number of carbonyl (C=O) groups is 1. The van der Waals surface area contributed by atoms with Gasteiger partial charge in [0.05, 0.1) is 0 Å². The molecule has 3 heteroatoms. The van der Waals surface area contributed by atoms with Crippen molar-refractivity contribution in [2.24, 2.45) is 0 Å².